The van der Waals surface area contributed by atoms with Crippen LogP contribution < -0.4 is 0 Å². The molecule has 0 saturated heterocycles. The van der Waals surface area contributed by atoms with Crippen LogP contribution >= 0.6 is 0 Å². The zero-order chi connectivity index (χ0) is 45.8. The largest absolute Gasteiger partial charge is 0.462 e. The lowest BCUT2D eigenvalue weighted by Crippen LogP contribution is -2.30. The van der Waals surface area contributed by atoms with Crippen LogP contribution in [0.25, 0.3) is 0 Å². The van der Waals surface area contributed by atoms with E-state index in [1.54, 1.807) is 0 Å². The van der Waals surface area contributed by atoms with Gasteiger partial charge in [-0.1, -0.05) is 188 Å². The lowest BCUT2D eigenvalue weighted by Gasteiger charge is -2.18. The number of allylic oxidation sites excluding steroid dienone is 18. The fraction of sp³-hybridized carbons (Fsp3) is 0.632. The molecule has 0 bridgehead atoms. The van der Waals surface area contributed by atoms with Gasteiger partial charge in [-0.05, 0) is 116 Å². The summed E-state index contributed by atoms with van der Waals surface area (Å²) in [5.74, 6) is -0.970. The minimum absolute atomic E-state index is 0.104. The van der Waals surface area contributed by atoms with Crippen LogP contribution in [-0.2, 0) is 28.6 Å². The molecule has 6 heteroatoms. The van der Waals surface area contributed by atoms with Crippen LogP contribution in [0.5, 0.6) is 0 Å². The van der Waals surface area contributed by atoms with Gasteiger partial charge in [-0.15, -0.1) is 0 Å². The molecule has 0 aliphatic heterocycles. The Balaban J connectivity index is 4.49. The van der Waals surface area contributed by atoms with Crippen LogP contribution in [-0.4, -0.2) is 37.2 Å². The Hall–Kier alpha value is -3.93. The Morgan fingerprint density at radius 2 is 0.619 bits per heavy atom. The van der Waals surface area contributed by atoms with Crippen LogP contribution in [0.4, 0.5) is 0 Å². The van der Waals surface area contributed by atoms with Crippen molar-refractivity contribution in [2.75, 3.05) is 13.2 Å². The average molecular weight is 873 g/mol. The summed E-state index contributed by atoms with van der Waals surface area (Å²) in [5, 5.41) is 0. The summed E-state index contributed by atoms with van der Waals surface area (Å²) in [6.07, 6.45) is 67.8. The molecule has 63 heavy (non-hydrogen) atoms. The van der Waals surface area contributed by atoms with Gasteiger partial charge in [-0.3, -0.25) is 14.4 Å². The Morgan fingerprint density at radius 1 is 0.333 bits per heavy atom. The van der Waals surface area contributed by atoms with Gasteiger partial charge in [0.05, 0.1) is 0 Å². The summed E-state index contributed by atoms with van der Waals surface area (Å²) < 4.78 is 16.7. The van der Waals surface area contributed by atoms with Crippen molar-refractivity contribution in [2.45, 2.75) is 219 Å². The van der Waals surface area contributed by atoms with Gasteiger partial charge in [0.2, 0.25) is 0 Å². The second-order valence-corrected chi connectivity index (χ2v) is 16.3. The van der Waals surface area contributed by atoms with E-state index in [4.69, 9.17) is 14.2 Å². The number of rotatable bonds is 44. The van der Waals surface area contributed by atoms with Crippen molar-refractivity contribution < 1.29 is 28.6 Å². The minimum Gasteiger partial charge on any atom is -0.462 e. The molecule has 0 saturated carbocycles. The van der Waals surface area contributed by atoms with Crippen molar-refractivity contribution in [2.24, 2.45) is 0 Å². The fourth-order valence-electron chi connectivity index (χ4n) is 6.46. The zero-order valence-corrected chi connectivity index (χ0v) is 40.5. The molecule has 0 rings (SSSR count). The Kier molecular flexibility index (Phi) is 47.5. The first-order valence-electron chi connectivity index (χ1n) is 25.4. The van der Waals surface area contributed by atoms with E-state index in [2.05, 4.69) is 130 Å². The van der Waals surface area contributed by atoms with Crippen LogP contribution in [0.2, 0.25) is 0 Å². The van der Waals surface area contributed by atoms with E-state index in [-0.39, 0.29) is 37.5 Å². The molecule has 0 fully saturated rings. The number of ether oxygens (including phenoxy) is 3. The predicted octanol–water partition coefficient (Wildman–Crippen LogP) is 16.8. The van der Waals surface area contributed by atoms with E-state index in [9.17, 15) is 14.4 Å². The SMILES string of the molecule is CC/C=C\C/C=C\C/C=C\C/C=C\C/C=C\CCCCCC(=O)O[C@H](COC(=O)CCCCCCC/C=C\C/C=C\C/C=C\CC)COC(=O)CCCCCCC/C=C\CCCC. The molecule has 0 amide bonds. The fourth-order valence-corrected chi connectivity index (χ4v) is 6.46. The molecule has 0 aromatic carbocycles. The second kappa shape index (κ2) is 50.7. The highest BCUT2D eigenvalue weighted by Gasteiger charge is 2.19. The summed E-state index contributed by atoms with van der Waals surface area (Å²) in [5.41, 5.74) is 0. The van der Waals surface area contributed by atoms with Gasteiger partial charge in [0.1, 0.15) is 13.2 Å². The summed E-state index contributed by atoms with van der Waals surface area (Å²) in [6, 6.07) is 0. The maximum Gasteiger partial charge on any atom is 0.306 e. The zero-order valence-electron chi connectivity index (χ0n) is 40.5. The smallest absolute Gasteiger partial charge is 0.306 e. The number of carbonyl (C=O) groups excluding carboxylic acids is 3. The molecule has 0 aromatic rings. The monoisotopic (exact) mass is 873 g/mol. The quantitative estimate of drug-likeness (QED) is 0.0263. The third kappa shape index (κ3) is 49.0. The normalized spacial score (nSPS) is 13.0. The third-order valence-electron chi connectivity index (χ3n) is 10.2. The highest BCUT2D eigenvalue weighted by Crippen LogP contribution is 2.12. The van der Waals surface area contributed by atoms with Crippen molar-refractivity contribution >= 4 is 17.9 Å². The standard InChI is InChI=1S/C57H92O6/c1-4-7-10-13-16-19-22-24-26-27-28-29-31-33-36-39-42-45-48-51-57(60)63-54(52-61-55(58)49-46-43-40-37-34-21-18-15-12-9-6-3)53-62-56(59)50-47-44-41-38-35-32-30-25-23-20-17-14-11-8-5-2/h7-8,10-11,15-20,24-26,28-30,33,36,54H,4-6,9,12-14,21-23,27,31-32,34-35,37-53H2,1-3H3/b10-7-,11-8-,18-15-,19-16-,20-17-,26-24-,29-28-,30-25-,36-33-/t54-/m0/s1. The number of carbonyl (C=O) groups is 3. The first kappa shape index (κ1) is 59.1. The lowest BCUT2D eigenvalue weighted by molar-refractivity contribution is -0.167. The number of esters is 3. The van der Waals surface area contributed by atoms with Crippen molar-refractivity contribution in [1.82, 2.24) is 0 Å². The molecule has 0 N–H and O–H groups in total. The van der Waals surface area contributed by atoms with Crippen molar-refractivity contribution in [1.29, 1.82) is 0 Å². The summed E-state index contributed by atoms with van der Waals surface area (Å²) >= 11 is 0. The molecule has 0 aliphatic carbocycles. The maximum atomic E-state index is 12.8. The topological polar surface area (TPSA) is 78.9 Å². The minimum atomic E-state index is -0.807. The number of hydrogen-bond acceptors (Lipinski definition) is 6. The predicted molar refractivity (Wildman–Crippen MR) is 270 cm³/mol. The average Bonchev–Trinajstić information content (AvgIpc) is 3.28. The Bertz CT molecular complexity index is 1330. The van der Waals surface area contributed by atoms with Gasteiger partial charge in [-0.2, -0.15) is 0 Å². The molecule has 356 valence electrons. The Labute approximate surface area is 387 Å². The van der Waals surface area contributed by atoms with Crippen LogP contribution in [0.1, 0.15) is 213 Å². The van der Waals surface area contributed by atoms with Gasteiger partial charge in [0, 0.05) is 19.3 Å². The van der Waals surface area contributed by atoms with Crippen LogP contribution in [0.15, 0.2) is 109 Å². The van der Waals surface area contributed by atoms with E-state index in [0.29, 0.717) is 12.8 Å². The van der Waals surface area contributed by atoms with E-state index >= 15 is 0 Å². The molecule has 6 nitrogen and oxygen atoms in total. The molecular formula is C57H92O6. The highest BCUT2D eigenvalue weighted by molar-refractivity contribution is 5.71. The summed E-state index contributed by atoms with van der Waals surface area (Å²) in [7, 11) is 0. The lowest BCUT2D eigenvalue weighted by atomic mass is 10.1. The van der Waals surface area contributed by atoms with Crippen LogP contribution in [0, 0.1) is 0 Å². The maximum absolute atomic E-state index is 12.8. The molecule has 0 aliphatic rings. The van der Waals surface area contributed by atoms with Gasteiger partial charge in [0.25, 0.3) is 0 Å². The van der Waals surface area contributed by atoms with Gasteiger partial charge in [-0.25, -0.2) is 0 Å². The molecule has 0 aromatic heterocycles. The summed E-state index contributed by atoms with van der Waals surface area (Å²) in [6.45, 7) is 6.30. The van der Waals surface area contributed by atoms with Crippen molar-refractivity contribution in [3.05, 3.63) is 109 Å². The van der Waals surface area contributed by atoms with E-state index in [1.807, 2.05) is 0 Å². The van der Waals surface area contributed by atoms with E-state index in [0.717, 1.165) is 148 Å². The third-order valence-corrected chi connectivity index (χ3v) is 10.2. The van der Waals surface area contributed by atoms with Gasteiger partial charge < -0.3 is 14.2 Å². The van der Waals surface area contributed by atoms with Gasteiger partial charge >= 0.3 is 17.9 Å². The first-order valence-corrected chi connectivity index (χ1v) is 25.4. The first-order chi connectivity index (χ1) is 31.0. The van der Waals surface area contributed by atoms with Crippen LogP contribution in [0.3, 0.4) is 0 Å². The number of unbranched alkanes of at least 4 members (excludes halogenated alkanes) is 15. The number of hydrogen-bond donors (Lipinski definition) is 0. The molecule has 1 atom stereocenters. The summed E-state index contributed by atoms with van der Waals surface area (Å²) in [4.78, 5) is 37.9. The molecule has 0 heterocycles. The van der Waals surface area contributed by atoms with E-state index < -0.39 is 6.10 Å². The van der Waals surface area contributed by atoms with Gasteiger partial charge in [0.15, 0.2) is 6.10 Å². The molecular weight excluding hydrogens is 781 g/mol. The Morgan fingerprint density at radius 3 is 1.00 bits per heavy atom. The van der Waals surface area contributed by atoms with E-state index in [1.165, 1.54) is 25.7 Å². The highest BCUT2D eigenvalue weighted by atomic mass is 16.6. The molecule has 0 unspecified atom stereocenters. The molecule has 0 radical (unpaired) electrons. The molecule has 0 spiro atoms. The van der Waals surface area contributed by atoms with Crippen molar-refractivity contribution in [3.8, 4) is 0 Å². The van der Waals surface area contributed by atoms with Crippen molar-refractivity contribution in [3.63, 3.8) is 0 Å². The second-order valence-electron chi connectivity index (χ2n) is 16.3.